The zero-order chi connectivity index (χ0) is 14.0. The summed E-state index contributed by atoms with van der Waals surface area (Å²) < 4.78 is 7.07. The molecule has 4 nitrogen and oxygen atoms in total. The molecule has 2 rings (SSSR count). The third-order valence-electron chi connectivity index (χ3n) is 2.80. The molecule has 0 fully saturated rings. The molecular weight excluding hydrogens is 374 g/mol. The number of aryl methyl sites for hydroxylation is 1. The summed E-state index contributed by atoms with van der Waals surface area (Å²) in [5.74, 6) is 2.10. The highest BCUT2D eigenvalue weighted by molar-refractivity contribution is 9.13. The van der Waals surface area contributed by atoms with Crippen LogP contribution in [0.1, 0.15) is 24.6 Å². The Labute approximate surface area is 129 Å². The van der Waals surface area contributed by atoms with Crippen LogP contribution < -0.4 is 5.32 Å². The molecule has 2 aromatic heterocycles. The molecule has 0 unspecified atom stereocenters. The van der Waals surface area contributed by atoms with Crippen molar-refractivity contribution in [3.05, 3.63) is 26.5 Å². The number of nitrogens with zero attached hydrogens (tertiary/aromatic N) is 2. The minimum absolute atomic E-state index is 0.591. The van der Waals surface area contributed by atoms with E-state index < -0.39 is 0 Å². The van der Waals surface area contributed by atoms with Crippen LogP contribution in [0.3, 0.4) is 0 Å². The summed E-state index contributed by atoms with van der Waals surface area (Å²) in [7, 11) is 0. The van der Waals surface area contributed by atoms with E-state index in [0.29, 0.717) is 16.3 Å². The molecule has 0 aliphatic carbocycles. The number of hydrogen-bond acceptors (Lipinski definition) is 4. The summed E-state index contributed by atoms with van der Waals surface area (Å²) >= 11 is 6.72. The molecule has 0 radical (unpaired) electrons. The van der Waals surface area contributed by atoms with Gasteiger partial charge in [-0.15, -0.1) is 0 Å². The summed E-state index contributed by atoms with van der Waals surface area (Å²) in [5, 5.41) is 3.32. The Morgan fingerprint density at radius 3 is 2.58 bits per heavy atom. The van der Waals surface area contributed by atoms with Crippen molar-refractivity contribution in [1.29, 1.82) is 0 Å². The molecule has 0 spiro atoms. The van der Waals surface area contributed by atoms with Crippen molar-refractivity contribution in [2.45, 2.75) is 27.2 Å². The van der Waals surface area contributed by atoms with Gasteiger partial charge in [0.2, 0.25) is 0 Å². The van der Waals surface area contributed by atoms with Crippen molar-refractivity contribution in [1.82, 2.24) is 9.97 Å². The van der Waals surface area contributed by atoms with Crippen LogP contribution in [0.25, 0.3) is 11.6 Å². The van der Waals surface area contributed by atoms with Crippen LogP contribution >= 0.6 is 31.9 Å². The van der Waals surface area contributed by atoms with Gasteiger partial charge in [-0.1, -0.05) is 6.92 Å². The second-order valence-electron chi connectivity index (χ2n) is 4.27. The average molecular weight is 389 g/mol. The van der Waals surface area contributed by atoms with Crippen LogP contribution in [0.15, 0.2) is 19.6 Å². The molecule has 0 saturated carbocycles. The first-order chi connectivity index (χ1) is 9.02. The van der Waals surface area contributed by atoms with E-state index in [1.54, 1.807) is 0 Å². The first-order valence-corrected chi connectivity index (χ1v) is 7.65. The lowest BCUT2D eigenvalue weighted by Gasteiger charge is -2.10. The summed E-state index contributed by atoms with van der Waals surface area (Å²) in [6.45, 7) is 7.01. The van der Waals surface area contributed by atoms with Gasteiger partial charge in [0.15, 0.2) is 16.3 Å². The van der Waals surface area contributed by atoms with Gasteiger partial charge >= 0.3 is 0 Å². The zero-order valence-corrected chi connectivity index (χ0v) is 14.2. The number of halogens is 2. The maximum Gasteiger partial charge on any atom is 0.197 e. The van der Waals surface area contributed by atoms with Crippen LogP contribution in [0.2, 0.25) is 0 Å². The highest BCUT2D eigenvalue weighted by Crippen LogP contribution is 2.32. The van der Waals surface area contributed by atoms with Crippen LogP contribution in [0.5, 0.6) is 0 Å². The Hall–Kier alpha value is -0.880. The lowest BCUT2D eigenvalue weighted by atomic mass is 10.2. The highest BCUT2D eigenvalue weighted by Gasteiger charge is 2.14. The molecule has 102 valence electrons. The lowest BCUT2D eigenvalue weighted by molar-refractivity contribution is 0.549. The predicted octanol–water partition coefficient (Wildman–Crippen LogP) is 4.70. The van der Waals surface area contributed by atoms with Gasteiger partial charge in [0.1, 0.15) is 5.82 Å². The largest absolute Gasteiger partial charge is 0.445 e. The molecule has 19 heavy (non-hydrogen) atoms. The van der Waals surface area contributed by atoms with Gasteiger partial charge < -0.3 is 9.73 Å². The fourth-order valence-electron chi connectivity index (χ4n) is 1.61. The van der Waals surface area contributed by atoms with E-state index in [4.69, 9.17) is 4.42 Å². The summed E-state index contributed by atoms with van der Waals surface area (Å²) in [4.78, 5) is 9.02. The molecule has 1 N–H and O–H groups in total. The van der Waals surface area contributed by atoms with Gasteiger partial charge in [0, 0.05) is 23.9 Å². The Morgan fingerprint density at radius 1 is 1.26 bits per heavy atom. The standard InChI is InChI=1S/C13H15Br2N3O/c1-4-5-16-12-7(2)8(3)17-13(18-12)10-6-9(14)11(15)19-10/h6H,4-5H2,1-3H3,(H,16,17,18). The van der Waals surface area contributed by atoms with E-state index in [0.717, 1.165) is 34.5 Å². The second kappa shape index (κ2) is 6.05. The number of nitrogens with one attached hydrogen (secondary N) is 1. The van der Waals surface area contributed by atoms with Crippen molar-refractivity contribution < 1.29 is 4.42 Å². The molecule has 0 atom stereocenters. The monoisotopic (exact) mass is 387 g/mol. The van der Waals surface area contributed by atoms with E-state index in [2.05, 4.69) is 54.1 Å². The molecule has 0 saturated heterocycles. The molecule has 2 heterocycles. The maximum atomic E-state index is 5.57. The third-order valence-corrected chi connectivity index (χ3v) is 4.51. The van der Waals surface area contributed by atoms with E-state index in [9.17, 15) is 0 Å². The second-order valence-corrected chi connectivity index (χ2v) is 5.84. The molecule has 0 aromatic carbocycles. The number of aromatic nitrogens is 2. The van der Waals surface area contributed by atoms with Crippen LogP contribution in [-0.4, -0.2) is 16.5 Å². The van der Waals surface area contributed by atoms with Gasteiger partial charge in [-0.3, -0.25) is 0 Å². The van der Waals surface area contributed by atoms with Gasteiger partial charge in [0.05, 0.1) is 4.47 Å². The Bertz CT molecular complexity index is 576. The van der Waals surface area contributed by atoms with Gasteiger partial charge in [0.25, 0.3) is 0 Å². The van der Waals surface area contributed by atoms with Gasteiger partial charge in [-0.2, -0.15) is 0 Å². The van der Waals surface area contributed by atoms with E-state index >= 15 is 0 Å². The lowest BCUT2D eigenvalue weighted by Crippen LogP contribution is -2.07. The topological polar surface area (TPSA) is 51.0 Å². The molecule has 6 heteroatoms. The molecule has 0 bridgehead atoms. The smallest absolute Gasteiger partial charge is 0.197 e. The molecule has 0 aliphatic heterocycles. The molecule has 0 aliphatic rings. The first kappa shape index (κ1) is 14.5. The van der Waals surface area contributed by atoms with Crippen molar-refractivity contribution in [3.8, 4) is 11.6 Å². The Morgan fingerprint density at radius 2 is 2.00 bits per heavy atom. The number of hydrogen-bond donors (Lipinski definition) is 1. The van der Waals surface area contributed by atoms with Crippen LogP contribution in [0, 0.1) is 13.8 Å². The van der Waals surface area contributed by atoms with Crippen molar-refractivity contribution in [2.75, 3.05) is 11.9 Å². The predicted molar refractivity (Wildman–Crippen MR) is 83.4 cm³/mol. The van der Waals surface area contributed by atoms with Crippen LogP contribution in [-0.2, 0) is 0 Å². The maximum absolute atomic E-state index is 5.57. The SMILES string of the molecule is CCCNc1nc(-c2cc(Br)c(Br)o2)nc(C)c1C. The van der Waals surface area contributed by atoms with Crippen molar-refractivity contribution in [3.63, 3.8) is 0 Å². The number of rotatable bonds is 4. The highest BCUT2D eigenvalue weighted by atomic mass is 79.9. The summed E-state index contributed by atoms with van der Waals surface area (Å²) in [6, 6.07) is 1.86. The quantitative estimate of drug-likeness (QED) is 0.824. The van der Waals surface area contributed by atoms with E-state index in [1.807, 2.05) is 19.9 Å². The number of anilines is 1. The molecular formula is C13H15Br2N3O. The van der Waals surface area contributed by atoms with Crippen molar-refractivity contribution in [2.24, 2.45) is 0 Å². The first-order valence-electron chi connectivity index (χ1n) is 6.07. The fraction of sp³-hybridized carbons (Fsp3) is 0.385. The number of furan rings is 1. The minimum Gasteiger partial charge on any atom is -0.445 e. The Kier molecular flexibility index (Phi) is 4.62. The normalized spacial score (nSPS) is 10.8. The average Bonchev–Trinajstić information content (AvgIpc) is 2.71. The van der Waals surface area contributed by atoms with E-state index in [-0.39, 0.29) is 0 Å². The molecule has 2 aromatic rings. The minimum atomic E-state index is 0.591. The Balaban J connectivity index is 2.43. The fourth-order valence-corrected chi connectivity index (χ4v) is 2.19. The van der Waals surface area contributed by atoms with Crippen LogP contribution in [0.4, 0.5) is 5.82 Å². The summed E-state index contributed by atoms with van der Waals surface area (Å²) in [6.07, 6.45) is 1.05. The van der Waals surface area contributed by atoms with E-state index in [1.165, 1.54) is 0 Å². The van der Waals surface area contributed by atoms with Gasteiger partial charge in [-0.05, 0) is 52.1 Å². The zero-order valence-electron chi connectivity index (χ0n) is 11.1. The molecule has 0 amide bonds. The third kappa shape index (κ3) is 3.17. The van der Waals surface area contributed by atoms with Gasteiger partial charge in [-0.25, -0.2) is 9.97 Å². The summed E-state index contributed by atoms with van der Waals surface area (Å²) in [5.41, 5.74) is 2.02. The van der Waals surface area contributed by atoms with Crippen molar-refractivity contribution >= 4 is 37.7 Å².